The van der Waals surface area contributed by atoms with Crippen LogP contribution in [0.2, 0.25) is 0 Å². The van der Waals surface area contributed by atoms with Crippen molar-refractivity contribution in [3.05, 3.63) is 0 Å². The summed E-state index contributed by atoms with van der Waals surface area (Å²) in [6.07, 6.45) is 0.505. The fourth-order valence-corrected chi connectivity index (χ4v) is 0. The molecule has 12 heavy (non-hydrogen) atoms. The average Bonchev–Trinajstić information content (AvgIpc) is 1.86. The third kappa shape index (κ3) is 22.4. The van der Waals surface area contributed by atoms with Crippen molar-refractivity contribution >= 4 is 34.8 Å². The molecule has 0 aromatic heterocycles. The van der Waals surface area contributed by atoms with E-state index in [-0.39, 0.29) is 6.42 Å². The van der Waals surface area contributed by atoms with Gasteiger partial charge in [-0.25, -0.2) is 0 Å². The predicted molar refractivity (Wildman–Crippen MR) is 50.3 cm³/mol. The normalized spacial score (nSPS) is 12.0. The molecule has 6 heteroatoms. The Morgan fingerprint density at radius 3 is 1.08 bits per heavy atom. The molecule has 0 aromatic carbocycles. The van der Waals surface area contributed by atoms with Crippen LogP contribution in [0.25, 0.3) is 0 Å². The van der Waals surface area contributed by atoms with Crippen LogP contribution in [0.3, 0.4) is 0 Å². The second kappa shape index (κ2) is 6.24. The fraction of sp³-hybridized carbons (Fsp3) is 1.00. The molecular weight excluding hydrogens is 226 g/mol. The zero-order valence-electron chi connectivity index (χ0n) is 6.89. The molecule has 0 fully saturated rings. The van der Waals surface area contributed by atoms with E-state index in [1.165, 1.54) is 0 Å². The maximum atomic E-state index is 8.36. The van der Waals surface area contributed by atoms with Crippen LogP contribution in [0.15, 0.2) is 0 Å². The molecule has 0 amide bonds. The molecule has 0 saturated carbocycles. The van der Waals surface area contributed by atoms with Gasteiger partial charge in [0.25, 0.3) is 0 Å². The van der Waals surface area contributed by atoms with E-state index in [0.717, 1.165) is 0 Å². The van der Waals surface area contributed by atoms with Crippen molar-refractivity contribution in [2.45, 2.75) is 36.5 Å². The van der Waals surface area contributed by atoms with Crippen LogP contribution in [0, 0.1) is 0 Å². The van der Waals surface area contributed by atoms with E-state index in [1.807, 2.05) is 0 Å². The molecule has 0 aliphatic carbocycles. The van der Waals surface area contributed by atoms with Gasteiger partial charge in [0, 0.05) is 12.8 Å². The minimum atomic E-state index is -1.99. The van der Waals surface area contributed by atoms with Gasteiger partial charge in [-0.3, -0.25) is 0 Å². The maximum Gasteiger partial charge on any atom is 0.243 e. The van der Waals surface area contributed by atoms with Crippen LogP contribution in [0.1, 0.15) is 26.7 Å². The van der Waals surface area contributed by atoms with Gasteiger partial charge in [-0.1, -0.05) is 48.7 Å². The Morgan fingerprint density at radius 1 is 0.917 bits per heavy atom. The van der Waals surface area contributed by atoms with E-state index in [0.29, 0.717) is 6.42 Å². The number of halogens is 3. The van der Waals surface area contributed by atoms with Crippen molar-refractivity contribution in [3.8, 4) is 0 Å². The molecule has 0 bridgehead atoms. The minimum Gasteiger partial charge on any atom is -0.363 e. The van der Waals surface area contributed by atoms with E-state index in [1.54, 1.807) is 13.8 Å². The number of alkyl halides is 3. The summed E-state index contributed by atoms with van der Waals surface area (Å²) in [7, 11) is 0. The molecule has 76 valence electrons. The fourth-order valence-electron chi connectivity index (χ4n) is 0. The van der Waals surface area contributed by atoms with Gasteiger partial charge >= 0.3 is 0 Å². The van der Waals surface area contributed by atoms with E-state index in [9.17, 15) is 0 Å². The summed E-state index contributed by atoms with van der Waals surface area (Å²) in [4.78, 5) is 0. The van der Waals surface area contributed by atoms with Crippen LogP contribution >= 0.6 is 34.8 Å². The molecule has 3 nitrogen and oxygen atoms in total. The van der Waals surface area contributed by atoms with E-state index < -0.39 is 9.77 Å². The Hall–Kier alpha value is 0.750. The van der Waals surface area contributed by atoms with Crippen LogP contribution in [-0.4, -0.2) is 25.1 Å². The summed E-state index contributed by atoms with van der Waals surface area (Å²) in [6.45, 7) is 3.27. The summed E-state index contributed by atoms with van der Waals surface area (Å²) < 4.78 is -1.51. The van der Waals surface area contributed by atoms with Gasteiger partial charge in [0.05, 0.1) is 0 Å². The number of rotatable bonds is 2. The smallest absolute Gasteiger partial charge is 0.243 e. The van der Waals surface area contributed by atoms with E-state index in [2.05, 4.69) is 0 Å². The lowest BCUT2D eigenvalue weighted by molar-refractivity contribution is -0.0857. The number of hydrogen-bond donors (Lipinski definition) is 3. The van der Waals surface area contributed by atoms with Crippen molar-refractivity contribution < 1.29 is 15.3 Å². The molecule has 3 N–H and O–H groups in total. The molecule has 0 atom stereocenters. The van der Waals surface area contributed by atoms with Crippen molar-refractivity contribution in [1.82, 2.24) is 0 Å². The highest BCUT2D eigenvalue weighted by Crippen LogP contribution is 2.19. The zero-order valence-corrected chi connectivity index (χ0v) is 9.16. The van der Waals surface area contributed by atoms with Crippen molar-refractivity contribution in [1.29, 1.82) is 0 Å². The Morgan fingerprint density at radius 2 is 1.08 bits per heavy atom. The standard InChI is InChI=1S/C3H6Cl2O.C3H7ClO2/c2*1-2-3(4,5)6/h6H,2H2,1H3;5-6H,2H2,1H3. The Balaban J connectivity index is 0. The van der Waals surface area contributed by atoms with Crippen molar-refractivity contribution in [3.63, 3.8) is 0 Å². The highest BCUT2D eigenvalue weighted by molar-refractivity contribution is 6.46. The van der Waals surface area contributed by atoms with E-state index >= 15 is 0 Å². The van der Waals surface area contributed by atoms with Gasteiger partial charge < -0.3 is 15.3 Å². The quantitative estimate of drug-likeness (QED) is 0.509. The molecule has 0 unspecified atom stereocenters. The van der Waals surface area contributed by atoms with Gasteiger partial charge in [0.2, 0.25) is 9.77 Å². The lowest BCUT2D eigenvalue weighted by Gasteiger charge is -2.06. The summed E-state index contributed by atoms with van der Waals surface area (Å²) in [5.41, 5.74) is 0. The predicted octanol–water partition coefficient (Wildman–Crippen LogP) is 1.79. The van der Waals surface area contributed by atoms with Crippen LogP contribution in [0.5, 0.6) is 0 Å². The maximum absolute atomic E-state index is 8.36. The third-order valence-electron chi connectivity index (χ3n) is 0.875. The largest absolute Gasteiger partial charge is 0.363 e. The average molecular weight is 240 g/mol. The van der Waals surface area contributed by atoms with Crippen molar-refractivity contribution in [2.24, 2.45) is 0 Å². The molecule has 0 rings (SSSR count). The first-order chi connectivity index (χ1) is 5.12. The molecule has 0 aliphatic heterocycles. The van der Waals surface area contributed by atoms with Crippen LogP contribution in [0.4, 0.5) is 0 Å². The van der Waals surface area contributed by atoms with Gasteiger partial charge in [-0.15, -0.1) is 0 Å². The second-order valence-corrected chi connectivity index (χ2v) is 4.14. The van der Waals surface area contributed by atoms with Gasteiger partial charge in [-0.05, 0) is 0 Å². The molecule has 0 spiro atoms. The Kier molecular flexibility index (Phi) is 7.92. The lowest BCUT2D eigenvalue weighted by atomic mass is 10.5. The van der Waals surface area contributed by atoms with Gasteiger partial charge in [-0.2, -0.15) is 0 Å². The first-order valence-corrected chi connectivity index (χ1v) is 4.49. The van der Waals surface area contributed by atoms with Gasteiger partial charge in [0.15, 0.2) is 0 Å². The molecular formula is C6H13Cl3O3. The number of aliphatic hydroxyl groups is 3. The van der Waals surface area contributed by atoms with Crippen molar-refractivity contribution in [2.75, 3.05) is 0 Å². The first-order valence-electron chi connectivity index (χ1n) is 3.36. The molecule has 0 saturated heterocycles. The second-order valence-electron chi connectivity index (χ2n) is 2.09. The molecule has 0 heterocycles. The van der Waals surface area contributed by atoms with Crippen LogP contribution < -0.4 is 0 Å². The highest BCUT2D eigenvalue weighted by atomic mass is 35.5. The number of hydrogen-bond acceptors (Lipinski definition) is 3. The molecule has 0 aromatic rings. The Labute approximate surface area is 86.9 Å². The minimum absolute atomic E-state index is 0.147. The van der Waals surface area contributed by atoms with Crippen LogP contribution in [-0.2, 0) is 0 Å². The topological polar surface area (TPSA) is 60.7 Å². The molecule has 0 aliphatic rings. The summed E-state index contributed by atoms with van der Waals surface area (Å²) in [5, 5.41) is 22.7. The summed E-state index contributed by atoms with van der Waals surface area (Å²) in [5.74, 6) is 0. The summed E-state index contributed by atoms with van der Waals surface area (Å²) >= 11 is 14.9. The first kappa shape index (κ1) is 15.2. The lowest BCUT2D eigenvalue weighted by Crippen LogP contribution is -2.16. The zero-order chi connectivity index (χ0) is 10.4. The highest BCUT2D eigenvalue weighted by Gasteiger charge is 2.13. The SMILES string of the molecule is CCC(O)(Cl)Cl.CCC(O)(O)Cl. The Bertz CT molecular complexity index is 91.6. The van der Waals surface area contributed by atoms with Gasteiger partial charge in [0.1, 0.15) is 0 Å². The monoisotopic (exact) mass is 238 g/mol. The molecule has 0 radical (unpaired) electrons. The summed E-state index contributed by atoms with van der Waals surface area (Å²) in [6, 6.07) is 0. The van der Waals surface area contributed by atoms with E-state index in [4.69, 9.17) is 50.1 Å². The third-order valence-corrected chi connectivity index (χ3v) is 1.68.